The maximum atomic E-state index is 13.3. The fourth-order valence-electron chi connectivity index (χ4n) is 4.35. The topological polar surface area (TPSA) is 143 Å². The Morgan fingerprint density at radius 1 is 1.11 bits per heavy atom. The summed E-state index contributed by atoms with van der Waals surface area (Å²) < 4.78 is 1.72. The van der Waals surface area contributed by atoms with Crippen molar-refractivity contribution < 1.29 is 9.59 Å². The lowest BCUT2D eigenvalue weighted by Gasteiger charge is -2.21. The zero-order valence-corrected chi connectivity index (χ0v) is 20.8. The van der Waals surface area contributed by atoms with E-state index in [2.05, 4.69) is 9.97 Å². The number of ketones is 1. The molecule has 0 saturated carbocycles. The number of hydrogen-bond donors (Lipinski definition) is 3. The third-order valence-corrected chi connectivity index (χ3v) is 7.40. The number of aryl methyl sites for hydroxylation is 1. The molecule has 0 aliphatic carbocycles. The molecule has 36 heavy (non-hydrogen) atoms. The number of rotatable bonds is 7. The van der Waals surface area contributed by atoms with Gasteiger partial charge in [0.15, 0.2) is 5.78 Å². The van der Waals surface area contributed by atoms with Crippen molar-refractivity contribution in [3.63, 3.8) is 0 Å². The summed E-state index contributed by atoms with van der Waals surface area (Å²) in [5, 5.41) is 10.5. The predicted molar refractivity (Wildman–Crippen MR) is 139 cm³/mol. The fraction of sp³-hybridized carbons (Fsp3) is 0.240. The molecule has 9 nitrogen and oxygen atoms in total. The Balaban J connectivity index is 1.29. The van der Waals surface area contributed by atoms with Gasteiger partial charge in [0, 0.05) is 42.3 Å². The van der Waals surface area contributed by atoms with Crippen molar-refractivity contribution in [1.82, 2.24) is 19.3 Å². The standard InChI is InChI=1S/C25H24ClN7O2S/c26-16-6-8-22-30-18(12-32(22)10-16)25(35)33-11-17(27)9-20(33)24-31-19(13-36-24)21(34)7-3-14-1-4-15(5-2-14)23(28)29/h1-2,4-6,8,10,12-13,17,20H,3,7,9,11,27H2,(H3,28,29)/t17-,20+/m1/s1. The molecular weight excluding hydrogens is 498 g/mol. The molecule has 1 aliphatic heterocycles. The molecule has 4 heterocycles. The normalized spacial score (nSPS) is 17.6. The average molecular weight is 522 g/mol. The third-order valence-electron chi connectivity index (χ3n) is 6.23. The van der Waals surface area contributed by atoms with E-state index in [4.69, 9.17) is 28.5 Å². The van der Waals surface area contributed by atoms with Crippen LogP contribution in [0.4, 0.5) is 0 Å². The minimum Gasteiger partial charge on any atom is -0.384 e. The number of fused-ring (bicyclic) bond motifs is 1. The van der Waals surface area contributed by atoms with Crippen LogP contribution >= 0.6 is 22.9 Å². The van der Waals surface area contributed by atoms with Gasteiger partial charge in [0.25, 0.3) is 5.91 Å². The van der Waals surface area contributed by atoms with E-state index in [-0.39, 0.29) is 29.6 Å². The van der Waals surface area contributed by atoms with Gasteiger partial charge in [-0.3, -0.25) is 15.0 Å². The highest BCUT2D eigenvalue weighted by atomic mass is 35.5. The molecule has 1 aromatic carbocycles. The molecular formula is C25H24ClN7O2S. The Kier molecular flexibility index (Phi) is 6.57. The van der Waals surface area contributed by atoms with Gasteiger partial charge in [-0.2, -0.15) is 0 Å². The number of pyridine rings is 1. The number of nitrogen functional groups attached to an aromatic ring is 1. The highest BCUT2D eigenvalue weighted by Crippen LogP contribution is 2.34. The van der Waals surface area contributed by atoms with Gasteiger partial charge in [-0.25, -0.2) is 9.97 Å². The van der Waals surface area contributed by atoms with Crippen molar-refractivity contribution in [2.45, 2.75) is 31.3 Å². The first kappa shape index (κ1) is 24.1. The highest BCUT2D eigenvalue weighted by molar-refractivity contribution is 7.09. The molecule has 1 saturated heterocycles. The van der Waals surface area contributed by atoms with Gasteiger partial charge >= 0.3 is 0 Å². The van der Waals surface area contributed by atoms with Crippen LogP contribution < -0.4 is 11.5 Å². The lowest BCUT2D eigenvalue weighted by molar-refractivity contribution is 0.0728. The maximum Gasteiger partial charge on any atom is 0.274 e. The van der Waals surface area contributed by atoms with Gasteiger partial charge in [-0.1, -0.05) is 35.9 Å². The van der Waals surface area contributed by atoms with Crippen molar-refractivity contribution >= 4 is 46.1 Å². The van der Waals surface area contributed by atoms with Crippen molar-refractivity contribution in [3.8, 4) is 0 Å². The van der Waals surface area contributed by atoms with E-state index < -0.39 is 0 Å². The van der Waals surface area contributed by atoms with E-state index in [0.29, 0.717) is 58.4 Å². The average Bonchev–Trinajstić information content (AvgIpc) is 3.60. The number of nitrogens with two attached hydrogens (primary N) is 2. The lowest BCUT2D eigenvalue weighted by atomic mass is 10.0. The van der Waals surface area contributed by atoms with Gasteiger partial charge in [0.2, 0.25) is 0 Å². The molecule has 11 heteroatoms. The molecule has 0 radical (unpaired) electrons. The third kappa shape index (κ3) is 4.88. The smallest absolute Gasteiger partial charge is 0.274 e. The monoisotopic (exact) mass is 521 g/mol. The molecule has 4 aromatic rings. The fourth-order valence-corrected chi connectivity index (χ4v) is 5.46. The minimum atomic E-state index is -0.313. The molecule has 0 unspecified atom stereocenters. The minimum absolute atomic E-state index is 0.0115. The molecule has 1 aliphatic rings. The van der Waals surface area contributed by atoms with Crippen LogP contribution in [0.1, 0.15) is 56.0 Å². The number of amides is 1. The van der Waals surface area contributed by atoms with Crippen LogP contribution in [0.2, 0.25) is 5.02 Å². The number of amidine groups is 1. The number of aromatic nitrogens is 3. The van der Waals surface area contributed by atoms with Gasteiger partial charge in [0.05, 0.1) is 11.1 Å². The molecule has 5 N–H and O–H groups in total. The Hall–Kier alpha value is -3.60. The quantitative estimate of drug-likeness (QED) is 0.193. The first-order valence-electron chi connectivity index (χ1n) is 11.4. The second kappa shape index (κ2) is 9.81. The van der Waals surface area contributed by atoms with Crippen LogP contribution in [0.3, 0.4) is 0 Å². The molecule has 1 fully saturated rings. The number of carbonyl (C=O) groups is 2. The second-order valence-electron chi connectivity index (χ2n) is 8.81. The summed E-state index contributed by atoms with van der Waals surface area (Å²) in [5.74, 6) is -0.284. The summed E-state index contributed by atoms with van der Waals surface area (Å²) in [6.07, 6.45) is 4.78. The first-order valence-corrected chi connectivity index (χ1v) is 12.7. The van der Waals surface area contributed by atoms with Crippen molar-refractivity contribution in [3.05, 3.63) is 86.7 Å². The molecule has 0 spiro atoms. The SMILES string of the molecule is N=C(N)c1ccc(CCC(=O)c2csc([C@@H]3C[C@@H](N)CN3C(=O)c3cn4cc(Cl)ccc4n3)n2)cc1. The van der Waals surface area contributed by atoms with Crippen LogP contribution in [-0.4, -0.2) is 49.4 Å². The van der Waals surface area contributed by atoms with Gasteiger partial charge < -0.3 is 20.8 Å². The van der Waals surface area contributed by atoms with Gasteiger partial charge in [-0.15, -0.1) is 11.3 Å². The number of halogens is 1. The van der Waals surface area contributed by atoms with Crippen LogP contribution in [0, 0.1) is 5.41 Å². The van der Waals surface area contributed by atoms with E-state index in [1.165, 1.54) is 11.3 Å². The van der Waals surface area contributed by atoms with Crippen molar-refractivity contribution in [2.75, 3.05) is 6.54 Å². The van der Waals surface area contributed by atoms with E-state index in [0.717, 1.165) is 5.56 Å². The van der Waals surface area contributed by atoms with Gasteiger partial charge in [0.1, 0.15) is 27.9 Å². The predicted octanol–water partition coefficient (Wildman–Crippen LogP) is 3.46. The van der Waals surface area contributed by atoms with Gasteiger partial charge in [-0.05, 0) is 30.5 Å². The number of nitrogens with zero attached hydrogens (tertiary/aromatic N) is 4. The van der Waals surface area contributed by atoms with E-state index >= 15 is 0 Å². The molecule has 3 aromatic heterocycles. The van der Waals surface area contributed by atoms with E-state index in [1.807, 2.05) is 12.1 Å². The summed E-state index contributed by atoms with van der Waals surface area (Å²) in [6.45, 7) is 0.386. The number of benzene rings is 1. The summed E-state index contributed by atoms with van der Waals surface area (Å²) >= 11 is 7.42. The number of carbonyl (C=O) groups excluding carboxylic acids is 2. The molecule has 1 amide bonds. The number of nitrogens with one attached hydrogen (secondary N) is 1. The van der Waals surface area contributed by atoms with Crippen LogP contribution in [0.5, 0.6) is 0 Å². The summed E-state index contributed by atoms with van der Waals surface area (Å²) in [5.41, 5.74) is 14.7. The maximum absolute atomic E-state index is 13.3. The van der Waals surface area contributed by atoms with E-state index in [1.54, 1.807) is 51.3 Å². The molecule has 184 valence electrons. The Morgan fingerprint density at radius 3 is 2.64 bits per heavy atom. The molecule has 0 bridgehead atoms. The number of hydrogen-bond acceptors (Lipinski definition) is 7. The Labute approximate surface area is 216 Å². The lowest BCUT2D eigenvalue weighted by Crippen LogP contribution is -2.33. The van der Waals surface area contributed by atoms with Crippen LogP contribution in [0.15, 0.2) is 54.2 Å². The van der Waals surface area contributed by atoms with Crippen LogP contribution in [-0.2, 0) is 6.42 Å². The zero-order valence-electron chi connectivity index (χ0n) is 19.2. The summed E-state index contributed by atoms with van der Waals surface area (Å²) in [6, 6.07) is 10.3. The van der Waals surface area contributed by atoms with E-state index in [9.17, 15) is 9.59 Å². The summed E-state index contributed by atoms with van der Waals surface area (Å²) in [4.78, 5) is 36.9. The Morgan fingerprint density at radius 2 is 1.89 bits per heavy atom. The zero-order chi connectivity index (χ0) is 25.4. The number of thiazole rings is 1. The van der Waals surface area contributed by atoms with Crippen molar-refractivity contribution in [1.29, 1.82) is 5.41 Å². The molecule has 5 rings (SSSR count). The number of likely N-dealkylation sites (tertiary alicyclic amines) is 1. The number of imidazole rings is 1. The number of Topliss-reactive ketones (excluding diaryl/α,β-unsaturated/α-hetero) is 1. The Bertz CT molecular complexity index is 1460. The van der Waals surface area contributed by atoms with Crippen molar-refractivity contribution in [2.24, 2.45) is 11.5 Å². The highest BCUT2D eigenvalue weighted by Gasteiger charge is 2.37. The first-order chi connectivity index (χ1) is 17.3. The summed E-state index contributed by atoms with van der Waals surface area (Å²) in [7, 11) is 0. The molecule has 2 atom stereocenters. The second-order valence-corrected chi connectivity index (χ2v) is 10.1. The van der Waals surface area contributed by atoms with Crippen LogP contribution in [0.25, 0.3) is 5.65 Å². The largest absolute Gasteiger partial charge is 0.384 e.